The summed E-state index contributed by atoms with van der Waals surface area (Å²) in [7, 11) is 0. The van der Waals surface area contributed by atoms with Crippen molar-refractivity contribution in [2.45, 2.75) is 37.6 Å². The van der Waals surface area contributed by atoms with Gasteiger partial charge in [0.05, 0.1) is 12.1 Å². The summed E-state index contributed by atoms with van der Waals surface area (Å²) in [4.78, 5) is 13.4. The Hall–Kier alpha value is -1.55. The number of rotatable bonds is 6. The number of nitrogens with zero attached hydrogens (tertiary/aromatic N) is 2. The summed E-state index contributed by atoms with van der Waals surface area (Å²) >= 11 is 1.60. The highest BCUT2D eigenvalue weighted by Crippen LogP contribution is 2.21. The van der Waals surface area contributed by atoms with Gasteiger partial charge in [-0.3, -0.25) is 9.48 Å². The van der Waals surface area contributed by atoms with Crippen LogP contribution >= 0.6 is 11.8 Å². The second-order valence-corrected chi connectivity index (χ2v) is 5.69. The van der Waals surface area contributed by atoms with E-state index in [9.17, 15) is 4.79 Å². The van der Waals surface area contributed by atoms with E-state index in [-0.39, 0.29) is 5.78 Å². The van der Waals surface area contributed by atoms with Crippen LogP contribution in [0.25, 0.3) is 0 Å². The van der Waals surface area contributed by atoms with E-state index in [4.69, 9.17) is 0 Å². The molecule has 0 saturated heterocycles. The molecule has 3 nitrogen and oxygen atoms in total. The lowest BCUT2D eigenvalue weighted by Crippen LogP contribution is -2.08. The van der Waals surface area contributed by atoms with Crippen LogP contribution in [-0.2, 0) is 6.42 Å². The van der Waals surface area contributed by atoms with E-state index in [2.05, 4.69) is 18.9 Å². The molecule has 0 aliphatic carbocycles. The Morgan fingerprint density at radius 3 is 2.80 bits per heavy atom. The van der Waals surface area contributed by atoms with E-state index in [0.717, 1.165) is 22.6 Å². The van der Waals surface area contributed by atoms with E-state index in [1.807, 2.05) is 47.5 Å². The van der Waals surface area contributed by atoms with Crippen LogP contribution in [0, 0.1) is 0 Å². The summed E-state index contributed by atoms with van der Waals surface area (Å²) < 4.78 is 1.93. The average Bonchev–Trinajstić information content (AvgIpc) is 2.94. The van der Waals surface area contributed by atoms with E-state index in [1.165, 1.54) is 0 Å². The predicted octanol–water partition coefficient (Wildman–Crippen LogP) is 4.00. The minimum Gasteiger partial charge on any atom is -0.294 e. The molecule has 0 aliphatic heterocycles. The van der Waals surface area contributed by atoms with Gasteiger partial charge in [-0.15, -0.1) is 11.8 Å². The fourth-order valence-corrected chi connectivity index (χ4v) is 2.66. The Morgan fingerprint density at radius 1 is 1.35 bits per heavy atom. The maximum atomic E-state index is 12.4. The van der Waals surface area contributed by atoms with Gasteiger partial charge in [-0.2, -0.15) is 5.10 Å². The van der Waals surface area contributed by atoms with Gasteiger partial charge in [0.2, 0.25) is 0 Å². The number of ketones is 1. The molecule has 0 saturated carbocycles. The van der Waals surface area contributed by atoms with Crippen molar-refractivity contribution in [2.24, 2.45) is 0 Å². The molecule has 0 fully saturated rings. The summed E-state index contributed by atoms with van der Waals surface area (Å²) in [5.74, 6) is 0.129. The Bertz CT molecular complexity index is 592. The molecule has 20 heavy (non-hydrogen) atoms. The number of thioether (sulfide) groups is 1. The lowest BCUT2D eigenvalue weighted by Gasteiger charge is -2.08. The fraction of sp³-hybridized carbons (Fsp3) is 0.375. The first kappa shape index (κ1) is 14.9. The van der Waals surface area contributed by atoms with Crippen LogP contribution in [0.3, 0.4) is 0 Å². The molecule has 2 aromatic rings. The van der Waals surface area contributed by atoms with Crippen molar-refractivity contribution in [1.82, 2.24) is 9.78 Å². The van der Waals surface area contributed by atoms with Crippen LogP contribution in [-0.4, -0.2) is 21.8 Å². The molecule has 0 radical (unpaired) electrons. The first-order chi connectivity index (χ1) is 9.65. The molecule has 2 rings (SSSR count). The maximum Gasteiger partial charge on any atom is 0.170 e. The first-order valence-electron chi connectivity index (χ1n) is 6.86. The highest BCUT2D eigenvalue weighted by atomic mass is 32.2. The molecule has 1 heterocycles. The third-order valence-corrected chi connectivity index (χ3v) is 4.25. The molecule has 0 N–H and O–H groups in total. The third kappa shape index (κ3) is 3.31. The molecule has 4 heteroatoms. The Morgan fingerprint density at radius 2 is 2.10 bits per heavy atom. The van der Waals surface area contributed by atoms with Gasteiger partial charge in [-0.05, 0) is 31.7 Å². The van der Waals surface area contributed by atoms with Crippen molar-refractivity contribution in [1.29, 1.82) is 0 Å². The summed E-state index contributed by atoms with van der Waals surface area (Å²) in [6.07, 6.45) is 5.34. The molecule has 0 amide bonds. The molecule has 1 unspecified atom stereocenters. The van der Waals surface area contributed by atoms with Gasteiger partial charge in [-0.25, -0.2) is 0 Å². The minimum absolute atomic E-state index is 0.129. The smallest absolute Gasteiger partial charge is 0.170 e. The summed E-state index contributed by atoms with van der Waals surface area (Å²) in [6, 6.07) is 10.0. The molecule has 1 atom stereocenters. The van der Waals surface area contributed by atoms with Gasteiger partial charge in [0, 0.05) is 22.7 Å². The standard InChI is InChI=1S/C16H20N2OS/c1-4-12(2)18-10-9-13(17-18)11-15(19)14-7-5-6-8-16(14)20-3/h5-10,12H,4,11H2,1-3H3. The highest BCUT2D eigenvalue weighted by Gasteiger charge is 2.13. The summed E-state index contributed by atoms with van der Waals surface area (Å²) in [6.45, 7) is 4.26. The second kappa shape index (κ2) is 6.75. The first-order valence-corrected chi connectivity index (χ1v) is 8.08. The number of Topliss-reactive ketones (excluding diaryl/α,β-unsaturated/α-hetero) is 1. The number of carbonyl (C=O) groups excluding carboxylic acids is 1. The summed E-state index contributed by atoms with van der Waals surface area (Å²) in [5.41, 5.74) is 1.63. The topological polar surface area (TPSA) is 34.9 Å². The van der Waals surface area contributed by atoms with Gasteiger partial charge in [0.1, 0.15) is 0 Å². The van der Waals surface area contributed by atoms with Crippen LogP contribution in [0.15, 0.2) is 41.4 Å². The largest absolute Gasteiger partial charge is 0.294 e. The highest BCUT2D eigenvalue weighted by molar-refractivity contribution is 7.98. The minimum atomic E-state index is 0.129. The lowest BCUT2D eigenvalue weighted by molar-refractivity contribution is 0.0989. The quantitative estimate of drug-likeness (QED) is 0.595. The van der Waals surface area contributed by atoms with Crippen LogP contribution in [0.5, 0.6) is 0 Å². The van der Waals surface area contributed by atoms with Crippen molar-refractivity contribution in [3.63, 3.8) is 0 Å². The number of benzene rings is 1. The van der Waals surface area contributed by atoms with Gasteiger partial charge < -0.3 is 0 Å². The SMILES string of the molecule is CCC(C)n1ccc(CC(=O)c2ccccc2SC)n1. The number of carbonyl (C=O) groups is 1. The molecule has 0 spiro atoms. The van der Waals surface area contributed by atoms with Crippen molar-refractivity contribution < 1.29 is 4.79 Å². The maximum absolute atomic E-state index is 12.4. The lowest BCUT2D eigenvalue weighted by atomic mass is 10.1. The molecule has 1 aromatic carbocycles. The summed E-state index contributed by atoms with van der Waals surface area (Å²) in [5, 5.41) is 4.49. The number of hydrogen-bond acceptors (Lipinski definition) is 3. The number of aromatic nitrogens is 2. The predicted molar refractivity (Wildman–Crippen MR) is 83.5 cm³/mol. The monoisotopic (exact) mass is 288 g/mol. The van der Waals surface area contributed by atoms with Gasteiger partial charge in [0.25, 0.3) is 0 Å². The van der Waals surface area contributed by atoms with Crippen molar-refractivity contribution >= 4 is 17.5 Å². The van der Waals surface area contributed by atoms with E-state index >= 15 is 0 Å². The van der Waals surface area contributed by atoms with Crippen LogP contribution in [0.4, 0.5) is 0 Å². The van der Waals surface area contributed by atoms with E-state index < -0.39 is 0 Å². The molecule has 0 bridgehead atoms. The third-order valence-electron chi connectivity index (χ3n) is 3.46. The van der Waals surface area contributed by atoms with Crippen molar-refractivity contribution in [2.75, 3.05) is 6.26 Å². The zero-order valence-corrected chi connectivity index (χ0v) is 13.0. The average molecular weight is 288 g/mol. The Balaban J connectivity index is 2.13. The Kier molecular flexibility index (Phi) is 5.01. The Labute approximate surface area is 124 Å². The molecular weight excluding hydrogens is 268 g/mol. The zero-order chi connectivity index (χ0) is 14.5. The number of hydrogen-bond donors (Lipinski definition) is 0. The van der Waals surface area contributed by atoms with E-state index in [0.29, 0.717) is 12.5 Å². The van der Waals surface area contributed by atoms with Gasteiger partial charge in [-0.1, -0.05) is 25.1 Å². The second-order valence-electron chi connectivity index (χ2n) is 4.84. The van der Waals surface area contributed by atoms with Crippen molar-refractivity contribution in [3.05, 3.63) is 47.8 Å². The van der Waals surface area contributed by atoms with Crippen LogP contribution < -0.4 is 0 Å². The van der Waals surface area contributed by atoms with Crippen LogP contribution in [0.1, 0.15) is 42.4 Å². The van der Waals surface area contributed by atoms with Crippen molar-refractivity contribution in [3.8, 4) is 0 Å². The molecule has 0 aliphatic rings. The van der Waals surface area contributed by atoms with Gasteiger partial charge >= 0.3 is 0 Å². The van der Waals surface area contributed by atoms with Crippen LogP contribution in [0.2, 0.25) is 0 Å². The molecular formula is C16H20N2OS. The normalized spacial score (nSPS) is 12.3. The fourth-order valence-electron chi connectivity index (χ4n) is 2.04. The zero-order valence-electron chi connectivity index (χ0n) is 12.2. The molecule has 106 valence electrons. The van der Waals surface area contributed by atoms with E-state index in [1.54, 1.807) is 11.8 Å². The van der Waals surface area contributed by atoms with Gasteiger partial charge in [0.15, 0.2) is 5.78 Å². The molecule has 1 aromatic heterocycles.